The second-order valence-electron chi connectivity index (χ2n) is 5.18. The number of methoxy groups -OCH3 is 1. The first-order valence-corrected chi connectivity index (χ1v) is 7.62. The van der Waals surface area contributed by atoms with Crippen LogP contribution in [0.15, 0.2) is 49.6 Å². The SMILES string of the molecule is C=CCNCC(C(=O)O)C(NCC=C)c1ccc(C(=O)OC)cc1. The zero-order chi connectivity index (χ0) is 17.9. The van der Waals surface area contributed by atoms with Crippen LogP contribution >= 0.6 is 0 Å². The maximum absolute atomic E-state index is 11.7. The molecule has 0 spiro atoms. The Hall–Kier alpha value is -2.44. The summed E-state index contributed by atoms with van der Waals surface area (Å²) in [5, 5.41) is 15.8. The van der Waals surface area contributed by atoms with Gasteiger partial charge in [0.25, 0.3) is 0 Å². The number of benzene rings is 1. The van der Waals surface area contributed by atoms with Crippen LogP contribution in [0, 0.1) is 5.92 Å². The average molecular weight is 332 g/mol. The van der Waals surface area contributed by atoms with Crippen molar-refractivity contribution in [2.24, 2.45) is 5.92 Å². The molecular weight excluding hydrogens is 308 g/mol. The van der Waals surface area contributed by atoms with Crippen molar-refractivity contribution in [3.8, 4) is 0 Å². The number of ether oxygens (including phenoxy) is 1. The topological polar surface area (TPSA) is 87.7 Å². The normalized spacial score (nSPS) is 12.9. The first-order chi connectivity index (χ1) is 11.5. The summed E-state index contributed by atoms with van der Waals surface area (Å²) < 4.78 is 4.67. The monoisotopic (exact) mass is 332 g/mol. The van der Waals surface area contributed by atoms with E-state index in [-0.39, 0.29) is 6.54 Å². The van der Waals surface area contributed by atoms with E-state index in [1.807, 2.05) is 0 Å². The fraction of sp³-hybridized carbons (Fsp3) is 0.333. The summed E-state index contributed by atoms with van der Waals surface area (Å²) in [7, 11) is 1.32. The Morgan fingerprint density at radius 1 is 1.21 bits per heavy atom. The molecule has 1 aromatic rings. The minimum atomic E-state index is -0.912. The molecule has 0 fully saturated rings. The number of rotatable bonds is 11. The fourth-order valence-electron chi connectivity index (χ4n) is 2.34. The van der Waals surface area contributed by atoms with Gasteiger partial charge in [0.2, 0.25) is 0 Å². The average Bonchev–Trinajstić information content (AvgIpc) is 2.60. The molecule has 3 N–H and O–H groups in total. The van der Waals surface area contributed by atoms with Crippen LogP contribution in [-0.4, -0.2) is 43.8 Å². The third-order valence-electron chi connectivity index (χ3n) is 3.55. The summed E-state index contributed by atoms with van der Waals surface area (Å²) in [6.45, 7) is 8.54. The van der Waals surface area contributed by atoms with E-state index in [0.29, 0.717) is 18.7 Å². The fourth-order valence-corrected chi connectivity index (χ4v) is 2.34. The van der Waals surface area contributed by atoms with Crippen LogP contribution < -0.4 is 10.6 Å². The Bertz CT molecular complexity index is 569. The first-order valence-electron chi connectivity index (χ1n) is 7.62. The molecule has 130 valence electrons. The summed E-state index contributed by atoms with van der Waals surface area (Å²) >= 11 is 0. The minimum Gasteiger partial charge on any atom is -0.481 e. The maximum Gasteiger partial charge on any atom is 0.337 e. The molecule has 0 saturated carbocycles. The number of carbonyl (C=O) groups excluding carboxylic acids is 1. The van der Waals surface area contributed by atoms with E-state index < -0.39 is 23.9 Å². The second-order valence-corrected chi connectivity index (χ2v) is 5.18. The zero-order valence-electron chi connectivity index (χ0n) is 13.8. The van der Waals surface area contributed by atoms with Crippen molar-refractivity contribution in [1.82, 2.24) is 10.6 Å². The molecule has 0 aliphatic rings. The molecule has 1 rings (SSSR count). The smallest absolute Gasteiger partial charge is 0.337 e. The van der Waals surface area contributed by atoms with Crippen LogP contribution in [0.4, 0.5) is 0 Å². The Morgan fingerprint density at radius 3 is 2.33 bits per heavy atom. The molecule has 1 aromatic carbocycles. The van der Waals surface area contributed by atoms with Gasteiger partial charge in [-0.05, 0) is 17.7 Å². The molecule has 0 radical (unpaired) electrons. The van der Waals surface area contributed by atoms with Crippen LogP contribution in [0.5, 0.6) is 0 Å². The number of esters is 1. The number of carboxylic acid groups (broad SMARTS) is 1. The van der Waals surface area contributed by atoms with Crippen molar-refractivity contribution in [1.29, 1.82) is 0 Å². The highest BCUT2D eigenvalue weighted by molar-refractivity contribution is 5.89. The molecule has 0 amide bonds. The molecule has 6 heteroatoms. The molecule has 0 bridgehead atoms. The molecule has 24 heavy (non-hydrogen) atoms. The predicted octanol–water partition coefficient (Wildman–Crippen LogP) is 1.77. The van der Waals surface area contributed by atoms with E-state index in [9.17, 15) is 14.7 Å². The maximum atomic E-state index is 11.7. The van der Waals surface area contributed by atoms with Crippen LogP contribution in [0.25, 0.3) is 0 Å². The van der Waals surface area contributed by atoms with E-state index >= 15 is 0 Å². The number of hydrogen-bond acceptors (Lipinski definition) is 5. The molecule has 6 nitrogen and oxygen atoms in total. The van der Waals surface area contributed by atoms with Gasteiger partial charge in [0, 0.05) is 25.7 Å². The third-order valence-corrected chi connectivity index (χ3v) is 3.55. The van der Waals surface area contributed by atoms with E-state index in [4.69, 9.17) is 0 Å². The van der Waals surface area contributed by atoms with Crippen molar-refractivity contribution in [2.45, 2.75) is 6.04 Å². The lowest BCUT2D eigenvalue weighted by Crippen LogP contribution is -2.39. The largest absolute Gasteiger partial charge is 0.481 e. The van der Waals surface area contributed by atoms with Crippen LogP contribution in [-0.2, 0) is 9.53 Å². The number of carboxylic acids is 1. The number of nitrogens with one attached hydrogen (secondary N) is 2. The van der Waals surface area contributed by atoms with Gasteiger partial charge in [-0.25, -0.2) is 4.79 Å². The summed E-state index contributed by atoms with van der Waals surface area (Å²) in [6.07, 6.45) is 3.35. The first kappa shape index (κ1) is 19.6. The molecule has 0 saturated heterocycles. The van der Waals surface area contributed by atoms with Crippen LogP contribution in [0.2, 0.25) is 0 Å². The summed E-state index contributed by atoms with van der Waals surface area (Å²) in [4.78, 5) is 23.2. The molecule has 0 aliphatic heterocycles. The summed E-state index contributed by atoms with van der Waals surface area (Å²) in [5.41, 5.74) is 1.19. The van der Waals surface area contributed by atoms with Crippen molar-refractivity contribution in [3.05, 3.63) is 60.7 Å². The molecule has 0 aliphatic carbocycles. The van der Waals surface area contributed by atoms with E-state index in [1.165, 1.54) is 7.11 Å². The van der Waals surface area contributed by atoms with Crippen molar-refractivity contribution in [2.75, 3.05) is 26.7 Å². The minimum absolute atomic E-state index is 0.287. The molecule has 0 heterocycles. The Balaban J connectivity index is 3.03. The third kappa shape index (κ3) is 5.64. The quantitative estimate of drug-likeness (QED) is 0.325. The van der Waals surface area contributed by atoms with Crippen molar-refractivity contribution < 1.29 is 19.4 Å². The number of aliphatic carboxylic acids is 1. The predicted molar refractivity (Wildman–Crippen MR) is 92.9 cm³/mol. The second kappa shape index (κ2) is 10.4. The summed E-state index contributed by atoms with van der Waals surface area (Å²) in [5.74, 6) is -2.03. The molecule has 2 unspecified atom stereocenters. The molecule has 0 aromatic heterocycles. The van der Waals surface area contributed by atoms with Crippen molar-refractivity contribution in [3.63, 3.8) is 0 Å². The lowest BCUT2D eigenvalue weighted by Gasteiger charge is -2.25. The highest BCUT2D eigenvalue weighted by Gasteiger charge is 2.28. The van der Waals surface area contributed by atoms with Gasteiger partial charge in [-0.15, -0.1) is 13.2 Å². The van der Waals surface area contributed by atoms with Gasteiger partial charge < -0.3 is 20.5 Å². The Labute approximate surface area is 142 Å². The Kier molecular flexibility index (Phi) is 8.46. The van der Waals surface area contributed by atoms with Gasteiger partial charge in [-0.3, -0.25) is 4.79 Å². The summed E-state index contributed by atoms with van der Waals surface area (Å²) in [6, 6.07) is 6.29. The molecular formula is C18H24N2O4. The number of carbonyl (C=O) groups is 2. The van der Waals surface area contributed by atoms with Gasteiger partial charge in [0.05, 0.1) is 18.6 Å². The standard InChI is InChI=1S/C18H24N2O4/c1-4-10-19-12-15(17(21)22)16(20-11-5-2)13-6-8-14(9-7-13)18(23)24-3/h4-9,15-16,19-20H,1-2,10-12H2,3H3,(H,21,22). The lowest BCUT2D eigenvalue weighted by molar-refractivity contribution is -0.142. The van der Waals surface area contributed by atoms with Crippen molar-refractivity contribution >= 4 is 11.9 Å². The van der Waals surface area contributed by atoms with E-state index in [2.05, 4.69) is 28.5 Å². The van der Waals surface area contributed by atoms with Gasteiger partial charge >= 0.3 is 11.9 Å². The van der Waals surface area contributed by atoms with Gasteiger partial charge in [-0.2, -0.15) is 0 Å². The van der Waals surface area contributed by atoms with E-state index in [1.54, 1.807) is 36.4 Å². The highest BCUT2D eigenvalue weighted by Crippen LogP contribution is 2.23. The molecule has 2 atom stereocenters. The zero-order valence-corrected chi connectivity index (χ0v) is 13.8. The van der Waals surface area contributed by atoms with E-state index in [0.717, 1.165) is 5.56 Å². The van der Waals surface area contributed by atoms with Gasteiger partial charge in [0.15, 0.2) is 0 Å². The van der Waals surface area contributed by atoms with Gasteiger partial charge in [0.1, 0.15) is 0 Å². The lowest BCUT2D eigenvalue weighted by atomic mass is 9.92. The highest BCUT2D eigenvalue weighted by atomic mass is 16.5. The van der Waals surface area contributed by atoms with Gasteiger partial charge in [-0.1, -0.05) is 24.3 Å². The van der Waals surface area contributed by atoms with Crippen LogP contribution in [0.3, 0.4) is 0 Å². The van der Waals surface area contributed by atoms with Crippen LogP contribution in [0.1, 0.15) is 22.0 Å². The number of hydrogen-bond donors (Lipinski definition) is 3. The Morgan fingerprint density at radius 2 is 1.83 bits per heavy atom.